The molecule has 0 aromatic rings. The average molecular weight is 344 g/mol. The largest absolute Gasteiger partial charge is 0.389 e. The number of hydrogen-bond acceptors (Lipinski definition) is 4. The molecule has 7 atom stereocenters. The molecule has 0 aromatic heterocycles. The smallest absolute Gasteiger partial charge is 0.178 e. The summed E-state index contributed by atoms with van der Waals surface area (Å²) in [5.74, 6) is 0.680. The first-order valence-corrected chi connectivity index (χ1v) is 9.50. The van der Waals surface area contributed by atoms with Gasteiger partial charge in [0.25, 0.3) is 0 Å². The number of ketones is 2. The lowest BCUT2D eigenvalue weighted by Gasteiger charge is -2.58. The van der Waals surface area contributed by atoms with Crippen LogP contribution in [-0.4, -0.2) is 33.5 Å². The van der Waals surface area contributed by atoms with Gasteiger partial charge in [-0.05, 0) is 74.5 Å². The monoisotopic (exact) mass is 344 g/mol. The quantitative estimate of drug-likeness (QED) is 0.767. The number of fused-ring (bicyclic) bond motifs is 5. The lowest BCUT2D eigenvalue weighted by Crippen LogP contribution is -2.58. The summed E-state index contributed by atoms with van der Waals surface area (Å²) >= 11 is 0. The van der Waals surface area contributed by atoms with Crippen molar-refractivity contribution in [3.05, 3.63) is 23.8 Å². The first kappa shape index (κ1) is 17.2. The van der Waals surface area contributed by atoms with Crippen LogP contribution in [0.3, 0.4) is 0 Å². The second-order valence-electron chi connectivity index (χ2n) is 9.16. The highest BCUT2D eigenvalue weighted by Gasteiger charge is 2.66. The van der Waals surface area contributed by atoms with E-state index in [2.05, 4.69) is 13.8 Å². The zero-order valence-corrected chi connectivity index (χ0v) is 15.3. The van der Waals surface area contributed by atoms with Crippen molar-refractivity contribution in [3.63, 3.8) is 0 Å². The van der Waals surface area contributed by atoms with E-state index in [0.29, 0.717) is 18.8 Å². The minimum absolute atomic E-state index is 0.0440. The molecule has 2 N–H and O–H groups in total. The summed E-state index contributed by atoms with van der Waals surface area (Å²) < 4.78 is 0. The fourth-order valence-electron chi connectivity index (χ4n) is 6.84. The summed E-state index contributed by atoms with van der Waals surface area (Å²) in [4.78, 5) is 24.0. The summed E-state index contributed by atoms with van der Waals surface area (Å²) in [6.07, 6.45) is 8.33. The summed E-state index contributed by atoms with van der Waals surface area (Å²) in [5, 5.41) is 21.9. The number of hydrogen-bond donors (Lipinski definition) is 2. The second-order valence-corrected chi connectivity index (χ2v) is 9.16. The molecule has 0 aliphatic heterocycles. The van der Waals surface area contributed by atoms with Crippen molar-refractivity contribution in [2.75, 3.05) is 0 Å². The Morgan fingerprint density at radius 3 is 2.56 bits per heavy atom. The number of aliphatic hydroxyl groups excluding tert-OH is 1. The number of aliphatic hydroxyl groups is 2. The van der Waals surface area contributed by atoms with Gasteiger partial charge < -0.3 is 10.2 Å². The fraction of sp³-hybridized carbons (Fsp3) is 0.714. The van der Waals surface area contributed by atoms with Gasteiger partial charge in [-0.15, -0.1) is 0 Å². The van der Waals surface area contributed by atoms with E-state index >= 15 is 0 Å². The zero-order valence-electron chi connectivity index (χ0n) is 15.3. The number of allylic oxidation sites excluding steroid dienone is 3. The minimum atomic E-state index is -1.23. The molecule has 4 aliphatic carbocycles. The summed E-state index contributed by atoms with van der Waals surface area (Å²) in [5.41, 5.74) is -1.09. The normalized spacial score (nSPS) is 51.4. The van der Waals surface area contributed by atoms with Gasteiger partial charge in [-0.2, -0.15) is 0 Å². The molecular formula is C21H28O4. The van der Waals surface area contributed by atoms with E-state index in [9.17, 15) is 19.8 Å². The van der Waals surface area contributed by atoms with Crippen LogP contribution < -0.4 is 0 Å². The maximum Gasteiger partial charge on any atom is 0.178 e. The van der Waals surface area contributed by atoms with Crippen molar-refractivity contribution in [2.45, 2.75) is 64.6 Å². The van der Waals surface area contributed by atoms with E-state index in [-0.39, 0.29) is 28.8 Å². The molecule has 4 heteroatoms. The van der Waals surface area contributed by atoms with Crippen molar-refractivity contribution in [3.8, 4) is 0 Å². The first-order chi connectivity index (χ1) is 11.6. The zero-order chi connectivity index (χ0) is 18.2. The molecule has 7 unspecified atom stereocenters. The molecule has 0 amide bonds. The maximum atomic E-state index is 12.2. The third kappa shape index (κ3) is 2.01. The molecule has 25 heavy (non-hydrogen) atoms. The van der Waals surface area contributed by atoms with Gasteiger partial charge in [0, 0.05) is 10.8 Å². The average Bonchev–Trinajstić information content (AvgIpc) is 2.83. The Bertz CT molecular complexity index is 707. The molecule has 3 fully saturated rings. The van der Waals surface area contributed by atoms with Gasteiger partial charge in [0.05, 0.1) is 6.10 Å². The van der Waals surface area contributed by atoms with Gasteiger partial charge in [-0.25, -0.2) is 0 Å². The van der Waals surface area contributed by atoms with E-state index in [4.69, 9.17) is 0 Å². The highest BCUT2D eigenvalue weighted by molar-refractivity contribution is 6.01. The SMILES string of the molecule is CC(=O)C1(O)CCC2C3CC(O)C4=CC(=O)C=CC4(C)C3CCC21C. The number of carbonyl (C=O) groups is 2. The Hall–Kier alpha value is -1.26. The van der Waals surface area contributed by atoms with Crippen molar-refractivity contribution in [1.29, 1.82) is 0 Å². The summed E-state index contributed by atoms with van der Waals surface area (Å²) in [7, 11) is 0. The molecule has 0 saturated heterocycles. The second kappa shape index (κ2) is 5.14. The van der Waals surface area contributed by atoms with Gasteiger partial charge in [-0.3, -0.25) is 9.59 Å². The van der Waals surface area contributed by atoms with Crippen LogP contribution >= 0.6 is 0 Å². The van der Waals surface area contributed by atoms with Crippen LogP contribution in [0, 0.1) is 28.6 Å². The minimum Gasteiger partial charge on any atom is -0.389 e. The van der Waals surface area contributed by atoms with Crippen LogP contribution in [0.15, 0.2) is 23.8 Å². The Morgan fingerprint density at radius 1 is 1.20 bits per heavy atom. The van der Waals surface area contributed by atoms with Gasteiger partial charge in [0.1, 0.15) is 5.60 Å². The molecule has 0 heterocycles. The van der Waals surface area contributed by atoms with Gasteiger partial charge in [0.15, 0.2) is 11.6 Å². The van der Waals surface area contributed by atoms with E-state index in [1.54, 1.807) is 12.2 Å². The predicted molar refractivity (Wildman–Crippen MR) is 93.6 cm³/mol. The van der Waals surface area contributed by atoms with Crippen LogP contribution in [0.2, 0.25) is 0 Å². The van der Waals surface area contributed by atoms with E-state index in [1.165, 1.54) is 6.92 Å². The van der Waals surface area contributed by atoms with E-state index < -0.39 is 17.1 Å². The highest BCUT2D eigenvalue weighted by atomic mass is 16.3. The van der Waals surface area contributed by atoms with E-state index in [0.717, 1.165) is 24.8 Å². The molecule has 136 valence electrons. The Morgan fingerprint density at radius 2 is 1.88 bits per heavy atom. The number of rotatable bonds is 1. The Kier molecular flexibility index (Phi) is 3.53. The summed E-state index contributed by atoms with van der Waals surface area (Å²) in [6.45, 7) is 5.71. The molecule has 4 nitrogen and oxygen atoms in total. The molecule has 0 aromatic carbocycles. The molecular weight excluding hydrogens is 316 g/mol. The lowest BCUT2D eigenvalue weighted by molar-refractivity contribution is -0.160. The number of Topliss-reactive ketones (excluding diaryl/α,β-unsaturated/α-hetero) is 1. The van der Waals surface area contributed by atoms with Gasteiger partial charge in [-0.1, -0.05) is 19.9 Å². The van der Waals surface area contributed by atoms with Gasteiger partial charge in [0.2, 0.25) is 0 Å². The molecule has 0 radical (unpaired) electrons. The first-order valence-electron chi connectivity index (χ1n) is 9.50. The molecule has 0 spiro atoms. The summed E-state index contributed by atoms with van der Waals surface area (Å²) in [6, 6.07) is 0. The topological polar surface area (TPSA) is 74.6 Å². The standard InChI is InChI=1S/C21H28O4/c1-12(22)21(25)9-6-16-14-11-18(24)17-10-13(23)4-7-19(17,2)15(14)5-8-20(16,21)3/h4,7,10,14-16,18,24-25H,5-6,8-9,11H2,1-3H3. The van der Waals surface area contributed by atoms with Crippen molar-refractivity contribution in [2.24, 2.45) is 28.6 Å². The van der Waals surface area contributed by atoms with Crippen LogP contribution in [-0.2, 0) is 9.59 Å². The lowest BCUT2D eigenvalue weighted by atomic mass is 9.46. The van der Waals surface area contributed by atoms with Crippen molar-refractivity contribution < 1.29 is 19.8 Å². The van der Waals surface area contributed by atoms with Crippen molar-refractivity contribution in [1.82, 2.24) is 0 Å². The van der Waals surface area contributed by atoms with Crippen molar-refractivity contribution >= 4 is 11.6 Å². The predicted octanol–water partition coefficient (Wildman–Crippen LogP) is 2.59. The highest BCUT2D eigenvalue weighted by Crippen LogP contribution is 2.67. The Labute approximate surface area is 149 Å². The van der Waals surface area contributed by atoms with Crippen LogP contribution in [0.25, 0.3) is 0 Å². The molecule has 0 bridgehead atoms. The third-order valence-corrected chi connectivity index (χ3v) is 8.31. The molecule has 3 saturated carbocycles. The number of carbonyl (C=O) groups excluding carboxylic acids is 2. The fourth-order valence-corrected chi connectivity index (χ4v) is 6.84. The van der Waals surface area contributed by atoms with Crippen LogP contribution in [0.1, 0.15) is 52.9 Å². The third-order valence-electron chi connectivity index (χ3n) is 8.31. The maximum absolute atomic E-state index is 12.2. The molecule has 4 rings (SSSR count). The molecule has 4 aliphatic rings. The van der Waals surface area contributed by atoms with E-state index in [1.807, 2.05) is 6.08 Å². The van der Waals surface area contributed by atoms with Crippen LogP contribution in [0.5, 0.6) is 0 Å². The van der Waals surface area contributed by atoms with Crippen LogP contribution in [0.4, 0.5) is 0 Å². The van der Waals surface area contributed by atoms with Gasteiger partial charge >= 0.3 is 0 Å². The Balaban J connectivity index is 1.75.